The molecule has 1 fully saturated rings. The highest BCUT2D eigenvalue weighted by Crippen LogP contribution is 2.35. The summed E-state index contributed by atoms with van der Waals surface area (Å²) in [5.74, 6) is 1.09. The summed E-state index contributed by atoms with van der Waals surface area (Å²) in [7, 11) is 5.73. The third-order valence-corrected chi connectivity index (χ3v) is 6.82. The Bertz CT molecular complexity index is 1280. The zero-order valence-corrected chi connectivity index (χ0v) is 21.1. The number of carbonyl (C=O) groups is 1. The number of para-hydroxylation sites is 1. The van der Waals surface area contributed by atoms with Gasteiger partial charge >= 0.3 is 0 Å². The lowest BCUT2D eigenvalue weighted by Crippen LogP contribution is -2.34. The maximum absolute atomic E-state index is 13.4. The number of nitrogens with one attached hydrogen (secondary N) is 1. The second kappa shape index (κ2) is 9.84. The smallest absolute Gasteiger partial charge is 0.256 e. The Kier molecular flexibility index (Phi) is 6.84. The van der Waals surface area contributed by atoms with Crippen LogP contribution in [0.25, 0.3) is 22.9 Å². The van der Waals surface area contributed by atoms with E-state index in [-0.39, 0.29) is 5.91 Å². The van der Waals surface area contributed by atoms with Crippen molar-refractivity contribution in [3.8, 4) is 17.0 Å². The van der Waals surface area contributed by atoms with Crippen molar-refractivity contribution in [3.63, 3.8) is 0 Å². The van der Waals surface area contributed by atoms with E-state index in [9.17, 15) is 4.79 Å². The molecule has 0 saturated carbocycles. The minimum absolute atomic E-state index is 0.0258. The van der Waals surface area contributed by atoms with Crippen molar-refractivity contribution in [1.29, 1.82) is 0 Å². The van der Waals surface area contributed by atoms with Gasteiger partial charge in [0.05, 0.1) is 18.4 Å². The summed E-state index contributed by atoms with van der Waals surface area (Å²) in [5, 5.41) is 7.27. The van der Waals surface area contributed by atoms with Crippen LogP contribution in [-0.2, 0) is 0 Å². The van der Waals surface area contributed by atoms with Crippen LogP contribution < -0.4 is 16.2 Å². The molecule has 1 aliphatic heterocycles. The van der Waals surface area contributed by atoms with Gasteiger partial charge in [0.1, 0.15) is 5.75 Å². The van der Waals surface area contributed by atoms with Crippen LogP contribution in [0.2, 0.25) is 0 Å². The minimum atomic E-state index is -0.0258. The molecule has 8 nitrogen and oxygen atoms in total. The van der Waals surface area contributed by atoms with E-state index in [1.165, 1.54) is 0 Å². The highest BCUT2D eigenvalue weighted by Gasteiger charge is 2.29. The normalized spacial score (nSPS) is 16.2. The van der Waals surface area contributed by atoms with Gasteiger partial charge < -0.3 is 26.0 Å². The number of nitrogens with two attached hydrogens (primary N) is 2. The predicted octanol–water partition coefficient (Wildman–Crippen LogP) is 3.89. The topological polar surface area (TPSA) is 113 Å². The number of H-pyrrole nitrogens is 1. The van der Waals surface area contributed by atoms with Crippen LogP contribution >= 0.6 is 0 Å². The Morgan fingerprint density at radius 3 is 2.69 bits per heavy atom. The van der Waals surface area contributed by atoms with Crippen molar-refractivity contribution in [2.45, 2.75) is 26.3 Å². The zero-order valence-electron chi connectivity index (χ0n) is 21.1. The van der Waals surface area contributed by atoms with Crippen LogP contribution in [0.1, 0.15) is 40.4 Å². The summed E-state index contributed by atoms with van der Waals surface area (Å²) in [6.07, 6.45) is 2.94. The molecule has 1 aliphatic rings. The van der Waals surface area contributed by atoms with Gasteiger partial charge in [-0.3, -0.25) is 9.89 Å². The number of aromatic nitrogens is 2. The number of aryl methyl sites for hydroxylation is 1. The molecule has 3 aromatic rings. The largest absolute Gasteiger partial charge is 0.496 e. The Labute approximate surface area is 206 Å². The van der Waals surface area contributed by atoms with Gasteiger partial charge in [0.2, 0.25) is 0 Å². The van der Waals surface area contributed by atoms with E-state index >= 15 is 0 Å². The van der Waals surface area contributed by atoms with Gasteiger partial charge in [0.25, 0.3) is 5.91 Å². The zero-order chi connectivity index (χ0) is 25.3. The highest BCUT2D eigenvalue weighted by atomic mass is 16.5. The molecule has 1 unspecified atom stereocenters. The third-order valence-electron chi connectivity index (χ3n) is 6.82. The fourth-order valence-corrected chi connectivity index (χ4v) is 4.59. The number of ether oxygens (including phenoxy) is 1. The monoisotopic (exact) mass is 474 g/mol. The molecule has 35 heavy (non-hydrogen) atoms. The fourth-order valence-electron chi connectivity index (χ4n) is 4.59. The average Bonchev–Trinajstić information content (AvgIpc) is 3.48. The van der Waals surface area contributed by atoms with Crippen LogP contribution in [0.15, 0.2) is 36.4 Å². The van der Waals surface area contributed by atoms with Crippen LogP contribution in [0.5, 0.6) is 5.75 Å². The number of aromatic amines is 1. The summed E-state index contributed by atoms with van der Waals surface area (Å²) < 4.78 is 5.53. The van der Waals surface area contributed by atoms with Crippen LogP contribution in [-0.4, -0.2) is 66.2 Å². The Balaban J connectivity index is 1.71. The van der Waals surface area contributed by atoms with Crippen molar-refractivity contribution in [3.05, 3.63) is 58.7 Å². The Morgan fingerprint density at radius 2 is 2.00 bits per heavy atom. The van der Waals surface area contributed by atoms with Gasteiger partial charge in [-0.05, 0) is 81.4 Å². The lowest BCUT2D eigenvalue weighted by Gasteiger charge is -2.22. The number of amides is 1. The standard InChI is InChI=1S/C27H34N6O2/c1-16(13-22-25(30-31-26(22)29)20-8-6-7-9-23(20)35-5)18-12-17(2)24(28)21(14-18)27(34)33-11-10-19(15-33)32(3)4/h6-9,12-14,19H,10-11,15,28H2,1-5H3,(H3,29,30,31)/b16-13+. The van der Waals surface area contributed by atoms with Gasteiger partial charge in [-0.15, -0.1) is 0 Å². The van der Waals surface area contributed by atoms with Gasteiger partial charge in [-0.2, -0.15) is 5.10 Å². The predicted molar refractivity (Wildman–Crippen MR) is 142 cm³/mol. The molecular weight excluding hydrogens is 440 g/mol. The van der Waals surface area contributed by atoms with E-state index in [1.54, 1.807) is 7.11 Å². The molecule has 184 valence electrons. The molecule has 2 aromatic carbocycles. The number of carbonyl (C=O) groups excluding carboxylic acids is 1. The van der Waals surface area contributed by atoms with Gasteiger partial charge in [0, 0.05) is 35.9 Å². The molecule has 5 N–H and O–H groups in total. The number of nitrogen functional groups attached to an aromatic ring is 2. The second-order valence-electron chi connectivity index (χ2n) is 9.34. The summed E-state index contributed by atoms with van der Waals surface area (Å²) in [4.78, 5) is 17.5. The van der Waals surface area contributed by atoms with E-state index in [2.05, 4.69) is 15.1 Å². The maximum Gasteiger partial charge on any atom is 0.256 e. The van der Waals surface area contributed by atoms with Gasteiger partial charge in [-0.25, -0.2) is 0 Å². The number of hydrogen-bond donors (Lipinski definition) is 3. The lowest BCUT2D eigenvalue weighted by molar-refractivity contribution is 0.0784. The molecule has 0 radical (unpaired) electrons. The molecule has 1 saturated heterocycles. The number of benzene rings is 2. The van der Waals surface area contributed by atoms with Crippen LogP contribution in [0.4, 0.5) is 11.5 Å². The number of allylic oxidation sites excluding steroid dienone is 1. The van der Waals surface area contributed by atoms with E-state index < -0.39 is 0 Å². The first-order valence-electron chi connectivity index (χ1n) is 11.7. The molecule has 8 heteroatoms. The van der Waals surface area contributed by atoms with Crippen LogP contribution in [0.3, 0.4) is 0 Å². The molecule has 0 spiro atoms. The van der Waals surface area contributed by atoms with Crippen LogP contribution in [0, 0.1) is 6.92 Å². The molecule has 2 heterocycles. The first-order chi connectivity index (χ1) is 16.7. The maximum atomic E-state index is 13.4. The number of likely N-dealkylation sites (N-methyl/N-ethyl adjacent to an activating group) is 1. The molecule has 4 rings (SSSR count). The summed E-state index contributed by atoms with van der Waals surface area (Å²) in [6, 6.07) is 12.0. The van der Waals surface area contributed by atoms with Crippen molar-refractivity contribution >= 4 is 29.1 Å². The SMILES string of the molecule is COc1ccccc1-c1[nH]nc(N)c1/C=C(\C)c1cc(C)c(N)c(C(=O)N2CCC(N(C)C)C2)c1. The minimum Gasteiger partial charge on any atom is -0.496 e. The molecule has 1 aromatic heterocycles. The summed E-state index contributed by atoms with van der Waals surface area (Å²) in [6.45, 7) is 5.36. The van der Waals surface area contributed by atoms with E-state index in [0.29, 0.717) is 29.7 Å². The van der Waals surface area contributed by atoms with Crippen molar-refractivity contribution < 1.29 is 9.53 Å². The number of nitrogens with zero attached hydrogens (tertiary/aromatic N) is 3. The number of anilines is 2. The summed E-state index contributed by atoms with van der Waals surface area (Å²) >= 11 is 0. The van der Waals surface area contributed by atoms with E-state index in [4.69, 9.17) is 16.2 Å². The van der Waals surface area contributed by atoms with Crippen molar-refractivity contribution in [2.75, 3.05) is 45.8 Å². The molecule has 1 atom stereocenters. The highest BCUT2D eigenvalue weighted by molar-refractivity contribution is 6.01. The first kappa shape index (κ1) is 24.3. The Morgan fingerprint density at radius 1 is 1.26 bits per heavy atom. The fraction of sp³-hybridized carbons (Fsp3) is 0.333. The number of methoxy groups -OCH3 is 1. The Hall–Kier alpha value is -3.78. The molecule has 1 amide bonds. The number of likely N-dealkylation sites (tertiary alicyclic amines) is 1. The third kappa shape index (κ3) is 4.74. The van der Waals surface area contributed by atoms with Crippen molar-refractivity contribution in [1.82, 2.24) is 20.0 Å². The van der Waals surface area contributed by atoms with E-state index in [0.717, 1.165) is 52.2 Å². The van der Waals surface area contributed by atoms with Gasteiger partial charge in [-0.1, -0.05) is 12.1 Å². The average molecular weight is 475 g/mol. The number of rotatable bonds is 6. The lowest BCUT2D eigenvalue weighted by atomic mass is 9.96. The number of hydrogen-bond acceptors (Lipinski definition) is 6. The molecular formula is C27H34N6O2. The second-order valence-corrected chi connectivity index (χ2v) is 9.34. The van der Waals surface area contributed by atoms with Crippen molar-refractivity contribution in [2.24, 2.45) is 0 Å². The molecule has 0 aliphatic carbocycles. The quantitative estimate of drug-likeness (QED) is 0.467. The van der Waals surface area contributed by atoms with Gasteiger partial charge in [0.15, 0.2) is 5.82 Å². The molecule has 0 bridgehead atoms. The summed E-state index contributed by atoms with van der Waals surface area (Å²) in [5.41, 5.74) is 18.8. The first-order valence-corrected chi connectivity index (χ1v) is 11.7. The van der Waals surface area contributed by atoms with E-state index in [1.807, 2.05) is 75.3 Å².